The summed E-state index contributed by atoms with van der Waals surface area (Å²) >= 11 is 0. The van der Waals surface area contributed by atoms with E-state index in [0.717, 1.165) is 28.4 Å². The van der Waals surface area contributed by atoms with Gasteiger partial charge in [0.05, 0.1) is 7.11 Å². The quantitative estimate of drug-likeness (QED) is 0.663. The predicted molar refractivity (Wildman–Crippen MR) is 125 cm³/mol. The van der Waals surface area contributed by atoms with Crippen molar-refractivity contribution < 1.29 is 9.47 Å². The van der Waals surface area contributed by atoms with Crippen molar-refractivity contribution in [1.82, 2.24) is 15.3 Å². The van der Waals surface area contributed by atoms with E-state index in [4.69, 9.17) is 14.5 Å². The van der Waals surface area contributed by atoms with Crippen LogP contribution in [-0.2, 0) is 6.61 Å². The SMILES string of the molecule is COc1cc(-c2ccc3c(c2)COc2nc(N(C)[C@@H]4C[C@H]5CC[C@@H](C4)N5)ccc2-3)ccn1. The average Bonchev–Trinajstić information content (AvgIpc) is 3.19. The molecule has 0 saturated carbocycles. The maximum atomic E-state index is 6.13. The van der Waals surface area contributed by atoms with Crippen molar-refractivity contribution in [3.8, 4) is 34.0 Å². The first kappa shape index (κ1) is 19.6. The van der Waals surface area contributed by atoms with Gasteiger partial charge in [0.15, 0.2) is 0 Å². The second kappa shape index (κ2) is 7.78. The topological polar surface area (TPSA) is 59.5 Å². The van der Waals surface area contributed by atoms with Crippen molar-refractivity contribution in [2.45, 2.75) is 50.4 Å². The van der Waals surface area contributed by atoms with Crippen LogP contribution in [0.1, 0.15) is 31.2 Å². The molecular weight excluding hydrogens is 400 g/mol. The van der Waals surface area contributed by atoms with Crippen molar-refractivity contribution in [1.29, 1.82) is 0 Å². The molecule has 0 radical (unpaired) electrons. The first-order valence-electron chi connectivity index (χ1n) is 11.4. The fourth-order valence-electron chi connectivity index (χ4n) is 5.47. The molecule has 0 spiro atoms. The van der Waals surface area contributed by atoms with Gasteiger partial charge < -0.3 is 19.7 Å². The fraction of sp³-hybridized carbons (Fsp3) is 0.385. The molecular formula is C26H28N4O2. The van der Waals surface area contributed by atoms with Crippen LogP contribution in [0.3, 0.4) is 0 Å². The van der Waals surface area contributed by atoms with Gasteiger partial charge in [-0.1, -0.05) is 12.1 Å². The number of hydrogen-bond acceptors (Lipinski definition) is 6. The monoisotopic (exact) mass is 428 g/mol. The van der Waals surface area contributed by atoms with Crippen LogP contribution in [0.2, 0.25) is 0 Å². The van der Waals surface area contributed by atoms with Gasteiger partial charge >= 0.3 is 0 Å². The number of piperidine rings is 1. The molecule has 3 aliphatic heterocycles. The van der Waals surface area contributed by atoms with Gasteiger partial charge in [-0.15, -0.1) is 0 Å². The normalized spacial score (nSPS) is 23.1. The minimum Gasteiger partial charge on any atom is -0.481 e. The predicted octanol–water partition coefficient (Wildman–Crippen LogP) is 4.43. The summed E-state index contributed by atoms with van der Waals surface area (Å²) < 4.78 is 11.4. The molecule has 3 atom stereocenters. The molecule has 1 aromatic carbocycles. The van der Waals surface area contributed by atoms with E-state index < -0.39 is 0 Å². The zero-order chi connectivity index (χ0) is 21.7. The van der Waals surface area contributed by atoms with Crippen molar-refractivity contribution in [2.75, 3.05) is 19.1 Å². The molecule has 164 valence electrons. The van der Waals surface area contributed by atoms with Crippen molar-refractivity contribution in [2.24, 2.45) is 0 Å². The highest BCUT2D eigenvalue weighted by atomic mass is 16.5. The maximum Gasteiger partial charge on any atom is 0.223 e. The Hall–Kier alpha value is -3.12. The summed E-state index contributed by atoms with van der Waals surface area (Å²) in [6.07, 6.45) is 6.77. The van der Waals surface area contributed by atoms with E-state index in [1.54, 1.807) is 13.3 Å². The summed E-state index contributed by atoms with van der Waals surface area (Å²) in [5.74, 6) is 2.35. The number of benzene rings is 1. The van der Waals surface area contributed by atoms with E-state index in [1.807, 2.05) is 12.1 Å². The van der Waals surface area contributed by atoms with Gasteiger partial charge in [-0.3, -0.25) is 0 Å². The first-order chi connectivity index (χ1) is 15.7. The molecule has 32 heavy (non-hydrogen) atoms. The van der Waals surface area contributed by atoms with E-state index in [0.29, 0.717) is 30.6 Å². The Kier molecular flexibility index (Phi) is 4.76. The molecule has 3 aliphatic rings. The number of ether oxygens (including phenoxy) is 2. The van der Waals surface area contributed by atoms with E-state index in [-0.39, 0.29) is 0 Å². The van der Waals surface area contributed by atoms with Gasteiger partial charge in [0.25, 0.3) is 0 Å². The summed E-state index contributed by atoms with van der Waals surface area (Å²) in [6.45, 7) is 0.524. The molecule has 2 fully saturated rings. The molecule has 2 aromatic heterocycles. The number of methoxy groups -OCH3 is 1. The summed E-state index contributed by atoms with van der Waals surface area (Å²) in [7, 11) is 3.81. The Balaban J connectivity index is 1.27. The Morgan fingerprint density at radius 2 is 1.78 bits per heavy atom. The van der Waals surface area contributed by atoms with Gasteiger partial charge in [-0.2, -0.15) is 4.98 Å². The number of nitrogens with zero attached hydrogens (tertiary/aromatic N) is 3. The molecule has 1 N–H and O–H groups in total. The zero-order valence-electron chi connectivity index (χ0n) is 18.5. The number of hydrogen-bond donors (Lipinski definition) is 1. The number of fused-ring (bicyclic) bond motifs is 5. The third-order valence-corrected chi connectivity index (χ3v) is 7.24. The Labute approximate surface area is 188 Å². The molecule has 0 aliphatic carbocycles. The third kappa shape index (κ3) is 3.39. The van der Waals surface area contributed by atoms with Gasteiger partial charge in [0, 0.05) is 43.0 Å². The van der Waals surface area contributed by atoms with Crippen LogP contribution in [0.25, 0.3) is 22.3 Å². The van der Waals surface area contributed by atoms with E-state index in [2.05, 4.69) is 52.6 Å². The standard InChI is InChI=1S/C26H28N4O2/c1-30(21-13-19-4-5-20(14-21)28-19)24-8-7-23-22-6-3-16(11-18(22)15-32-26(23)29-24)17-9-10-27-25(12-17)31-2/h3,6-12,19-21,28H,4-5,13-15H2,1-2H3/t19-,20+,21-. The molecule has 0 amide bonds. The minimum atomic E-state index is 0.524. The van der Waals surface area contributed by atoms with Crippen LogP contribution >= 0.6 is 0 Å². The van der Waals surface area contributed by atoms with E-state index >= 15 is 0 Å². The van der Waals surface area contributed by atoms with Crippen molar-refractivity contribution in [3.05, 3.63) is 54.2 Å². The second-order valence-corrected chi connectivity index (χ2v) is 9.14. The molecule has 2 saturated heterocycles. The van der Waals surface area contributed by atoms with Crippen LogP contribution in [0.4, 0.5) is 5.82 Å². The second-order valence-electron chi connectivity index (χ2n) is 9.14. The Bertz CT molecular complexity index is 1150. The molecule has 0 unspecified atom stereocenters. The minimum absolute atomic E-state index is 0.524. The lowest BCUT2D eigenvalue weighted by Crippen LogP contribution is -2.47. The number of pyridine rings is 2. The lowest BCUT2D eigenvalue weighted by Gasteiger charge is -2.36. The largest absolute Gasteiger partial charge is 0.481 e. The van der Waals surface area contributed by atoms with Crippen LogP contribution in [-0.4, -0.2) is 42.3 Å². The van der Waals surface area contributed by atoms with Crippen molar-refractivity contribution >= 4 is 5.82 Å². The van der Waals surface area contributed by atoms with E-state index in [1.165, 1.54) is 36.8 Å². The fourth-order valence-corrected chi connectivity index (χ4v) is 5.47. The highest BCUT2D eigenvalue weighted by Gasteiger charge is 2.35. The number of anilines is 1. The lowest BCUT2D eigenvalue weighted by atomic mass is 9.94. The summed E-state index contributed by atoms with van der Waals surface area (Å²) in [6, 6.07) is 16.6. The highest BCUT2D eigenvalue weighted by Crippen LogP contribution is 2.40. The molecule has 6 heteroatoms. The molecule has 2 bridgehead atoms. The smallest absolute Gasteiger partial charge is 0.223 e. The summed E-state index contributed by atoms with van der Waals surface area (Å²) in [5.41, 5.74) is 5.63. The van der Waals surface area contributed by atoms with Crippen molar-refractivity contribution in [3.63, 3.8) is 0 Å². The number of rotatable bonds is 4. The van der Waals surface area contributed by atoms with Crippen LogP contribution in [0, 0.1) is 0 Å². The Morgan fingerprint density at radius 3 is 2.59 bits per heavy atom. The van der Waals surface area contributed by atoms with Crippen LogP contribution in [0.5, 0.6) is 11.8 Å². The van der Waals surface area contributed by atoms with Gasteiger partial charge in [-0.05, 0) is 72.2 Å². The lowest BCUT2D eigenvalue weighted by molar-refractivity contribution is 0.289. The van der Waals surface area contributed by atoms with Gasteiger partial charge in [0.1, 0.15) is 12.4 Å². The molecule has 6 rings (SSSR count). The highest BCUT2D eigenvalue weighted by molar-refractivity contribution is 5.78. The van der Waals surface area contributed by atoms with Crippen LogP contribution in [0.15, 0.2) is 48.7 Å². The average molecular weight is 429 g/mol. The first-order valence-corrected chi connectivity index (χ1v) is 11.4. The summed E-state index contributed by atoms with van der Waals surface area (Å²) in [4.78, 5) is 11.5. The molecule has 3 aromatic rings. The third-order valence-electron chi connectivity index (χ3n) is 7.24. The van der Waals surface area contributed by atoms with Crippen LogP contribution < -0.4 is 19.7 Å². The summed E-state index contributed by atoms with van der Waals surface area (Å²) in [5, 5.41) is 3.73. The molecule has 6 nitrogen and oxygen atoms in total. The molecule has 5 heterocycles. The zero-order valence-corrected chi connectivity index (χ0v) is 18.5. The number of nitrogens with one attached hydrogen (secondary N) is 1. The van der Waals surface area contributed by atoms with Gasteiger partial charge in [-0.25, -0.2) is 4.98 Å². The Morgan fingerprint density at radius 1 is 1.00 bits per heavy atom. The maximum absolute atomic E-state index is 6.13. The number of aromatic nitrogens is 2. The van der Waals surface area contributed by atoms with Gasteiger partial charge in [0.2, 0.25) is 11.8 Å². The van der Waals surface area contributed by atoms with E-state index in [9.17, 15) is 0 Å².